The predicted octanol–water partition coefficient (Wildman–Crippen LogP) is 5.27. The Kier molecular flexibility index (Phi) is 6.68. The lowest BCUT2D eigenvalue weighted by atomic mass is 10.1. The second kappa shape index (κ2) is 9.19. The summed E-state index contributed by atoms with van der Waals surface area (Å²) in [6.45, 7) is 7.35. The Morgan fingerprint density at radius 2 is 2.04 bits per heavy atom. The molecule has 0 bridgehead atoms. The summed E-state index contributed by atoms with van der Waals surface area (Å²) in [6, 6.07) is 11.7. The number of anilines is 1. The summed E-state index contributed by atoms with van der Waals surface area (Å²) in [7, 11) is 0. The smallest absolute Gasteiger partial charge is 0.234 e. The van der Waals surface area contributed by atoms with E-state index < -0.39 is 0 Å². The third kappa shape index (κ3) is 4.99. The molecular weight excluding hydrogens is 376 g/mol. The molecule has 1 N–H and O–H groups in total. The van der Waals surface area contributed by atoms with E-state index in [1.807, 2.05) is 30.3 Å². The van der Waals surface area contributed by atoms with Crippen LogP contribution in [-0.2, 0) is 11.3 Å². The molecule has 3 aromatic rings. The Hall–Kier alpha value is -2.12. The van der Waals surface area contributed by atoms with Crippen LogP contribution in [0, 0.1) is 0 Å². The number of hydrogen-bond donors (Lipinski definition) is 1. The lowest BCUT2D eigenvalue weighted by Gasteiger charge is -2.08. The number of benzene rings is 1. The van der Waals surface area contributed by atoms with Crippen molar-refractivity contribution in [3.05, 3.63) is 46.7 Å². The zero-order valence-corrected chi connectivity index (χ0v) is 17.4. The van der Waals surface area contributed by atoms with Crippen molar-refractivity contribution >= 4 is 34.7 Å². The average molecular weight is 401 g/mol. The lowest BCUT2D eigenvalue weighted by molar-refractivity contribution is -0.113. The van der Waals surface area contributed by atoms with Crippen molar-refractivity contribution in [1.82, 2.24) is 14.8 Å². The highest BCUT2D eigenvalue weighted by atomic mass is 32.2. The molecule has 3 rings (SSSR count). The zero-order valence-electron chi connectivity index (χ0n) is 15.8. The van der Waals surface area contributed by atoms with Crippen LogP contribution in [0.3, 0.4) is 0 Å². The van der Waals surface area contributed by atoms with E-state index in [4.69, 9.17) is 0 Å². The van der Waals surface area contributed by atoms with Crippen LogP contribution in [0.15, 0.2) is 46.9 Å². The summed E-state index contributed by atoms with van der Waals surface area (Å²) in [5, 5.41) is 14.6. The number of carbonyl (C=O) groups excluding carboxylic acids is 1. The van der Waals surface area contributed by atoms with Crippen LogP contribution in [0.25, 0.3) is 11.4 Å². The monoisotopic (exact) mass is 400 g/mol. The van der Waals surface area contributed by atoms with Crippen molar-refractivity contribution in [2.75, 3.05) is 11.1 Å². The lowest BCUT2D eigenvalue weighted by Crippen LogP contribution is -2.14. The third-order valence-electron chi connectivity index (χ3n) is 4.00. The zero-order chi connectivity index (χ0) is 19.2. The van der Waals surface area contributed by atoms with Crippen molar-refractivity contribution in [1.29, 1.82) is 0 Å². The Morgan fingerprint density at radius 1 is 1.26 bits per heavy atom. The minimum absolute atomic E-state index is 0.0450. The number of aromatic nitrogens is 3. The number of hydrogen-bond acceptors (Lipinski definition) is 5. The number of thiophene rings is 1. The molecule has 7 heteroatoms. The van der Waals surface area contributed by atoms with Gasteiger partial charge in [0.05, 0.1) is 5.75 Å². The van der Waals surface area contributed by atoms with Crippen LogP contribution < -0.4 is 5.32 Å². The van der Waals surface area contributed by atoms with E-state index in [1.165, 1.54) is 16.6 Å². The Labute approximate surface area is 168 Å². The third-order valence-corrected chi connectivity index (χ3v) is 6.20. The van der Waals surface area contributed by atoms with Crippen LogP contribution in [0.2, 0.25) is 0 Å². The summed E-state index contributed by atoms with van der Waals surface area (Å²) in [5.74, 6) is 1.64. The normalized spacial score (nSPS) is 11.1. The van der Waals surface area contributed by atoms with Crippen molar-refractivity contribution in [3.63, 3.8) is 0 Å². The molecule has 0 radical (unpaired) electrons. The number of thioether (sulfide) groups is 1. The van der Waals surface area contributed by atoms with Crippen molar-refractivity contribution in [3.8, 4) is 11.4 Å². The molecule has 0 unspecified atom stereocenters. The highest BCUT2D eigenvalue weighted by Gasteiger charge is 2.17. The number of rotatable bonds is 8. The van der Waals surface area contributed by atoms with E-state index in [1.54, 1.807) is 11.3 Å². The Bertz CT molecular complexity index is 887. The molecule has 0 saturated heterocycles. The first kappa shape index (κ1) is 19.6. The summed E-state index contributed by atoms with van der Waals surface area (Å²) in [6.07, 6.45) is 0.982. The summed E-state index contributed by atoms with van der Waals surface area (Å²) >= 11 is 3.18. The van der Waals surface area contributed by atoms with E-state index in [-0.39, 0.29) is 5.91 Å². The predicted molar refractivity (Wildman–Crippen MR) is 114 cm³/mol. The van der Waals surface area contributed by atoms with Gasteiger partial charge in [-0.3, -0.25) is 4.79 Å². The van der Waals surface area contributed by atoms with Gasteiger partial charge in [-0.15, -0.1) is 21.5 Å². The van der Waals surface area contributed by atoms with Crippen LogP contribution in [0.4, 0.5) is 5.69 Å². The molecule has 1 amide bonds. The molecule has 0 fully saturated rings. The number of nitrogens with zero attached hydrogens (tertiary/aromatic N) is 3. The number of amides is 1. The molecule has 2 heterocycles. The van der Waals surface area contributed by atoms with E-state index in [2.05, 4.69) is 52.3 Å². The topological polar surface area (TPSA) is 59.8 Å². The molecule has 2 aromatic heterocycles. The standard InChI is InChI=1S/C20H24N4OS2/c1-4-10-24-19(15-11-17(14(2)3)26-12-15)22-23-20(24)27-13-18(25)21-16-8-6-5-7-9-16/h5-9,11-12,14H,4,10,13H2,1-3H3,(H,21,25). The van der Waals surface area contributed by atoms with Crippen LogP contribution >= 0.6 is 23.1 Å². The van der Waals surface area contributed by atoms with Gasteiger partial charge < -0.3 is 9.88 Å². The summed E-state index contributed by atoms with van der Waals surface area (Å²) < 4.78 is 2.12. The summed E-state index contributed by atoms with van der Waals surface area (Å²) in [4.78, 5) is 13.6. The van der Waals surface area contributed by atoms with E-state index in [0.717, 1.165) is 35.2 Å². The van der Waals surface area contributed by atoms with Gasteiger partial charge in [0, 0.05) is 28.1 Å². The van der Waals surface area contributed by atoms with Gasteiger partial charge in [0.25, 0.3) is 0 Å². The summed E-state index contributed by atoms with van der Waals surface area (Å²) in [5.41, 5.74) is 1.91. The first-order valence-corrected chi connectivity index (χ1v) is 10.9. The van der Waals surface area contributed by atoms with Crippen molar-refractivity contribution in [2.24, 2.45) is 0 Å². The van der Waals surface area contributed by atoms with Crippen molar-refractivity contribution in [2.45, 2.75) is 44.8 Å². The second-order valence-electron chi connectivity index (χ2n) is 6.55. The molecule has 0 aliphatic carbocycles. The van der Waals surface area contributed by atoms with E-state index in [9.17, 15) is 4.79 Å². The number of carbonyl (C=O) groups is 1. The quantitative estimate of drug-likeness (QED) is 0.523. The van der Waals surface area contributed by atoms with Gasteiger partial charge in [-0.05, 0) is 30.5 Å². The van der Waals surface area contributed by atoms with Crippen LogP contribution in [0.1, 0.15) is 38.0 Å². The maximum atomic E-state index is 12.2. The van der Waals surface area contributed by atoms with Gasteiger partial charge in [0.2, 0.25) is 5.91 Å². The van der Waals surface area contributed by atoms with E-state index in [0.29, 0.717) is 11.7 Å². The molecular formula is C20H24N4OS2. The van der Waals surface area contributed by atoms with Gasteiger partial charge >= 0.3 is 0 Å². The molecule has 27 heavy (non-hydrogen) atoms. The van der Waals surface area contributed by atoms with E-state index >= 15 is 0 Å². The average Bonchev–Trinajstić information content (AvgIpc) is 3.28. The number of nitrogens with one attached hydrogen (secondary N) is 1. The maximum Gasteiger partial charge on any atom is 0.234 e. The van der Waals surface area contributed by atoms with Gasteiger partial charge in [-0.1, -0.05) is 50.7 Å². The molecule has 0 spiro atoms. The SMILES string of the molecule is CCCn1c(SCC(=O)Nc2ccccc2)nnc1-c1csc(C(C)C)c1. The fraction of sp³-hybridized carbons (Fsp3) is 0.350. The molecule has 1 aromatic carbocycles. The fourth-order valence-corrected chi connectivity index (χ4v) is 4.32. The molecule has 0 aliphatic heterocycles. The molecule has 0 aliphatic rings. The van der Waals surface area contributed by atoms with Crippen molar-refractivity contribution < 1.29 is 4.79 Å². The second-order valence-corrected chi connectivity index (χ2v) is 8.44. The van der Waals surface area contributed by atoms with Gasteiger partial charge in [-0.2, -0.15) is 0 Å². The van der Waals surface area contributed by atoms with Gasteiger partial charge in [0.1, 0.15) is 0 Å². The van der Waals surface area contributed by atoms with Gasteiger partial charge in [0.15, 0.2) is 11.0 Å². The molecule has 5 nitrogen and oxygen atoms in total. The maximum absolute atomic E-state index is 12.2. The Morgan fingerprint density at radius 3 is 2.70 bits per heavy atom. The minimum atomic E-state index is -0.0450. The first-order chi connectivity index (χ1) is 13.1. The largest absolute Gasteiger partial charge is 0.325 e. The van der Waals surface area contributed by atoms with Gasteiger partial charge in [-0.25, -0.2) is 0 Å². The highest BCUT2D eigenvalue weighted by molar-refractivity contribution is 7.99. The Balaban J connectivity index is 1.71. The fourth-order valence-electron chi connectivity index (χ4n) is 2.66. The first-order valence-electron chi connectivity index (χ1n) is 9.08. The molecule has 0 saturated carbocycles. The minimum Gasteiger partial charge on any atom is -0.325 e. The number of para-hydroxylation sites is 1. The molecule has 0 atom stereocenters. The van der Waals surface area contributed by atoms with Crippen LogP contribution in [0.5, 0.6) is 0 Å². The van der Waals surface area contributed by atoms with Crippen LogP contribution in [-0.4, -0.2) is 26.4 Å². The highest BCUT2D eigenvalue weighted by Crippen LogP contribution is 2.31. The molecule has 142 valence electrons.